The van der Waals surface area contributed by atoms with Crippen LogP contribution in [0.15, 0.2) is 30.3 Å². The number of benzene rings is 1. The van der Waals surface area contributed by atoms with Gasteiger partial charge in [0.15, 0.2) is 12.6 Å². The van der Waals surface area contributed by atoms with Crippen molar-refractivity contribution >= 4 is 0 Å². The van der Waals surface area contributed by atoms with Crippen molar-refractivity contribution in [2.75, 3.05) is 13.7 Å². The summed E-state index contributed by atoms with van der Waals surface area (Å²) in [5, 5.41) is 0. The molecule has 3 saturated heterocycles. The highest BCUT2D eigenvalue weighted by molar-refractivity contribution is 5.17. The van der Waals surface area contributed by atoms with Crippen LogP contribution in [0.1, 0.15) is 11.9 Å². The van der Waals surface area contributed by atoms with Crippen molar-refractivity contribution in [3.05, 3.63) is 35.9 Å². The SMILES string of the molecule is CO[C@@H]1O[C@@H]2CO[C@H](c3ccccc3)O[C@H]2[C@H]2O[C@@H]12. The predicted octanol–water partition coefficient (Wildman–Crippen LogP) is 1.24. The number of methoxy groups -OCH3 is 1. The third kappa shape index (κ3) is 1.98. The van der Waals surface area contributed by atoms with E-state index in [-0.39, 0.29) is 37.0 Å². The van der Waals surface area contributed by atoms with Crippen LogP contribution in [0.25, 0.3) is 0 Å². The second-order valence-electron chi connectivity index (χ2n) is 5.02. The van der Waals surface area contributed by atoms with Crippen LogP contribution in [0.5, 0.6) is 0 Å². The Bertz CT molecular complexity index is 450. The summed E-state index contributed by atoms with van der Waals surface area (Å²) in [6.07, 6.45) is -0.759. The van der Waals surface area contributed by atoms with Crippen molar-refractivity contribution in [2.24, 2.45) is 0 Å². The van der Waals surface area contributed by atoms with E-state index in [4.69, 9.17) is 23.7 Å². The molecule has 5 heteroatoms. The molecule has 0 aromatic heterocycles. The molecular weight excluding hydrogens is 248 g/mol. The molecule has 3 aliphatic heterocycles. The van der Waals surface area contributed by atoms with Gasteiger partial charge in [0, 0.05) is 12.7 Å². The molecule has 3 fully saturated rings. The van der Waals surface area contributed by atoms with Gasteiger partial charge in [-0.25, -0.2) is 0 Å². The molecule has 1 aromatic rings. The van der Waals surface area contributed by atoms with Crippen LogP contribution in [0, 0.1) is 0 Å². The molecule has 5 nitrogen and oxygen atoms in total. The number of fused-ring (bicyclic) bond motifs is 3. The number of rotatable bonds is 2. The average molecular weight is 264 g/mol. The number of epoxide rings is 1. The molecule has 0 spiro atoms. The zero-order valence-corrected chi connectivity index (χ0v) is 10.6. The maximum absolute atomic E-state index is 6.00. The molecular formula is C14H16O5. The fourth-order valence-electron chi connectivity index (χ4n) is 2.80. The summed E-state index contributed by atoms with van der Waals surface area (Å²) >= 11 is 0. The minimum atomic E-state index is -0.338. The van der Waals surface area contributed by atoms with E-state index in [1.165, 1.54) is 0 Å². The van der Waals surface area contributed by atoms with Crippen LogP contribution >= 0.6 is 0 Å². The van der Waals surface area contributed by atoms with Crippen molar-refractivity contribution in [1.29, 1.82) is 0 Å². The summed E-state index contributed by atoms with van der Waals surface area (Å²) in [7, 11) is 1.63. The Labute approximate surface area is 111 Å². The van der Waals surface area contributed by atoms with Gasteiger partial charge in [0.1, 0.15) is 24.4 Å². The summed E-state index contributed by atoms with van der Waals surface area (Å²) < 4.78 is 28.4. The van der Waals surface area contributed by atoms with Crippen LogP contribution in [0.2, 0.25) is 0 Å². The lowest BCUT2D eigenvalue weighted by molar-refractivity contribution is -0.304. The van der Waals surface area contributed by atoms with Crippen molar-refractivity contribution in [3.8, 4) is 0 Å². The third-order valence-corrected chi connectivity index (χ3v) is 3.83. The molecule has 3 aliphatic rings. The minimum Gasteiger partial charge on any atom is -0.361 e. The summed E-state index contributed by atoms with van der Waals surface area (Å²) in [6, 6.07) is 9.92. The Balaban J connectivity index is 1.50. The Hall–Kier alpha value is -0.980. The maximum atomic E-state index is 6.00. The normalized spacial score (nSPS) is 44.3. The number of hydrogen-bond donors (Lipinski definition) is 0. The standard InChI is InChI=1S/C14H16O5/c1-15-14-12-11(18-12)10-9(17-14)7-16-13(19-10)8-5-3-2-4-6-8/h2-6,9-14H,7H2,1H3/t9-,10-,11-,12-,13+,14-/m1/s1. The second-order valence-corrected chi connectivity index (χ2v) is 5.02. The Morgan fingerprint density at radius 2 is 1.84 bits per heavy atom. The lowest BCUT2D eigenvalue weighted by Gasteiger charge is -2.39. The Kier molecular flexibility index (Phi) is 2.82. The largest absolute Gasteiger partial charge is 0.361 e. The van der Waals surface area contributed by atoms with E-state index in [1.807, 2.05) is 30.3 Å². The summed E-state index contributed by atoms with van der Waals surface area (Å²) in [5.74, 6) is 0. The molecule has 0 amide bonds. The van der Waals surface area contributed by atoms with Gasteiger partial charge in [0.25, 0.3) is 0 Å². The zero-order chi connectivity index (χ0) is 12.8. The van der Waals surface area contributed by atoms with Gasteiger partial charge >= 0.3 is 0 Å². The van der Waals surface area contributed by atoms with E-state index in [0.717, 1.165) is 5.56 Å². The van der Waals surface area contributed by atoms with E-state index in [1.54, 1.807) is 7.11 Å². The molecule has 0 radical (unpaired) electrons. The smallest absolute Gasteiger partial charge is 0.186 e. The average Bonchev–Trinajstić information content (AvgIpc) is 3.27. The molecule has 4 rings (SSSR count). The topological polar surface area (TPSA) is 49.5 Å². The first-order valence-corrected chi connectivity index (χ1v) is 6.52. The lowest BCUT2D eigenvalue weighted by Crippen LogP contribution is -2.52. The summed E-state index contributed by atoms with van der Waals surface area (Å²) in [6.45, 7) is 0.497. The van der Waals surface area contributed by atoms with Gasteiger partial charge in [-0.3, -0.25) is 0 Å². The fourth-order valence-corrected chi connectivity index (χ4v) is 2.80. The molecule has 6 atom stereocenters. The van der Waals surface area contributed by atoms with E-state index in [9.17, 15) is 0 Å². The highest BCUT2D eigenvalue weighted by atomic mass is 16.8. The van der Waals surface area contributed by atoms with E-state index >= 15 is 0 Å². The first-order valence-electron chi connectivity index (χ1n) is 6.52. The van der Waals surface area contributed by atoms with Gasteiger partial charge in [-0.2, -0.15) is 0 Å². The van der Waals surface area contributed by atoms with Crippen LogP contribution in [0.4, 0.5) is 0 Å². The zero-order valence-electron chi connectivity index (χ0n) is 10.6. The first kappa shape index (κ1) is 11.8. The Morgan fingerprint density at radius 3 is 2.63 bits per heavy atom. The van der Waals surface area contributed by atoms with Crippen LogP contribution in [-0.4, -0.2) is 44.4 Å². The summed E-state index contributed by atoms with van der Waals surface area (Å²) in [5.41, 5.74) is 1.02. The predicted molar refractivity (Wildman–Crippen MR) is 64.3 cm³/mol. The molecule has 19 heavy (non-hydrogen) atoms. The number of ether oxygens (including phenoxy) is 5. The van der Waals surface area contributed by atoms with Crippen LogP contribution in [-0.2, 0) is 23.7 Å². The molecule has 1 aromatic carbocycles. The van der Waals surface area contributed by atoms with E-state index < -0.39 is 0 Å². The highest BCUT2D eigenvalue weighted by Gasteiger charge is 2.60. The Morgan fingerprint density at radius 1 is 1.00 bits per heavy atom. The molecule has 0 saturated carbocycles. The molecule has 0 unspecified atom stereocenters. The highest BCUT2D eigenvalue weighted by Crippen LogP contribution is 2.43. The van der Waals surface area contributed by atoms with Crippen LogP contribution < -0.4 is 0 Å². The van der Waals surface area contributed by atoms with Gasteiger partial charge < -0.3 is 23.7 Å². The van der Waals surface area contributed by atoms with Crippen molar-refractivity contribution in [2.45, 2.75) is 37.0 Å². The van der Waals surface area contributed by atoms with Gasteiger partial charge in [-0.15, -0.1) is 0 Å². The van der Waals surface area contributed by atoms with Gasteiger partial charge in [-0.1, -0.05) is 30.3 Å². The van der Waals surface area contributed by atoms with E-state index in [2.05, 4.69) is 0 Å². The van der Waals surface area contributed by atoms with Crippen molar-refractivity contribution < 1.29 is 23.7 Å². The molecule has 3 heterocycles. The van der Waals surface area contributed by atoms with Gasteiger partial charge in [0.05, 0.1) is 6.61 Å². The molecule has 0 N–H and O–H groups in total. The minimum absolute atomic E-state index is 0.000716. The third-order valence-electron chi connectivity index (χ3n) is 3.83. The second kappa shape index (κ2) is 4.54. The lowest BCUT2D eigenvalue weighted by atomic mass is 10.0. The summed E-state index contributed by atoms with van der Waals surface area (Å²) in [4.78, 5) is 0. The first-order chi connectivity index (χ1) is 9.36. The van der Waals surface area contributed by atoms with Gasteiger partial charge in [0.2, 0.25) is 0 Å². The fraction of sp³-hybridized carbons (Fsp3) is 0.571. The van der Waals surface area contributed by atoms with Gasteiger partial charge in [-0.05, 0) is 0 Å². The van der Waals surface area contributed by atoms with E-state index in [0.29, 0.717) is 6.61 Å². The monoisotopic (exact) mass is 264 g/mol. The van der Waals surface area contributed by atoms with Crippen LogP contribution in [0.3, 0.4) is 0 Å². The van der Waals surface area contributed by atoms with Crippen molar-refractivity contribution in [3.63, 3.8) is 0 Å². The van der Waals surface area contributed by atoms with Crippen molar-refractivity contribution in [1.82, 2.24) is 0 Å². The molecule has 0 aliphatic carbocycles. The molecule has 0 bridgehead atoms. The molecule has 102 valence electrons. The quantitative estimate of drug-likeness (QED) is 0.752. The maximum Gasteiger partial charge on any atom is 0.186 e. The number of hydrogen-bond acceptors (Lipinski definition) is 5.